The Bertz CT molecular complexity index is 702. The number of carbonyl (C=O) groups excluding carboxylic acids is 2. The SMILES string of the molecule is CN(C)C1(CNC(=O)C[C@@H]2Sc3ccc(Cl)cc3NC2=O)CCCCCC1. The number of hydrogen-bond acceptors (Lipinski definition) is 4. The minimum atomic E-state index is -0.414. The lowest BCUT2D eigenvalue weighted by atomic mass is 9.88. The average molecular weight is 410 g/mol. The number of nitrogens with one attached hydrogen (secondary N) is 2. The smallest absolute Gasteiger partial charge is 0.238 e. The standard InChI is InChI=1S/C20H28ClN3O2S/c1-24(2)20(9-5-3-4-6-10-20)13-22-18(25)12-17-19(26)23-15-11-14(21)7-8-16(15)27-17/h7-8,11,17H,3-6,9-10,12-13H2,1-2H3,(H,22,25)(H,23,26)/t17-/m0/s1. The Morgan fingerprint density at radius 3 is 2.67 bits per heavy atom. The van der Waals surface area contributed by atoms with Gasteiger partial charge in [0.25, 0.3) is 0 Å². The molecule has 0 bridgehead atoms. The zero-order valence-corrected chi connectivity index (χ0v) is 17.6. The fourth-order valence-corrected chi connectivity index (χ4v) is 5.19. The molecule has 2 N–H and O–H groups in total. The van der Waals surface area contributed by atoms with E-state index >= 15 is 0 Å². The van der Waals surface area contributed by atoms with Gasteiger partial charge in [0.15, 0.2) is 0 Å². The van der Waals surface area contributed by atoms with E-state index in [0.29, 0.717) is 11.6 Å². The van der Waals surface area contributed by atoms with Gasteiger partial charge in [0.05, 0.1) is 10.9 Å². The summed E-state index contributed by atoms with van der Waals surface area (Å²) in [5.41, 5.74) is 0.747. The van der Waals surface area contributed by atoms with Gasteiger partial charge in [0.2, 0.25) is 11.8 Å². The number of halogens is 1. The lowest BCUT2D eigenvalue weighted by Crippen LogP contribution is -2.52. The zero-order valence-electron chi connectivity index (χ0n) is 16.0. The minimum absolute atomic E-state index is 0.0253. The van der Waals surface area contributed by atoms with Crippen LogP contribution in [0.1, 0.15) is 44.9 Å². The molecule has 5 nitrogen and oxygen atoms in total. The maximum absolute atomic E-state index is 12.6. The normalized spacial score (nSPS) is 21.9. The molecule has 7 heteroatoms. The Hall–Kier alpha value is -1.24. The molecule has 1 aromatic carbocycles. The summed E-state index contributed by atoms with van der Waals surface area (Å²) in [4.78, 5) is 28.1. The van der Waals surface area contributed by atoms with Gasteiger partial charge >= 0.3 is 0 Å². The summed E-state index contributed by atoms with van der Waals surface area (Å²) in [7, 11) is 4.20. The first-order chi connectivity index (χ1) is 12.9. The van der Waals surface area contributed by atoms with Crippen molar-refractivity contribution in [3.8, 4) is 0 Å². The molecule has 27 heavy (non-hydrogen) atoms. The molecule has 1 aliphatic carbocycles. The van der Waals surface area contributed by atoms with E-state index in [0.717, 1.165) is 23.4 Å². The van der Waals surface area contributed by atoms with Crippen LogP contribution in [-0.2, 0) is 9.59 Å². The second-order valence-corrected chi connectivity index (χ2v) is 9.43. The van der Waals surface area contributed by atoms with E-state index in [1.54, 1.807) is 12.1 Å². The molecule has 0 saturated heterocycles. The number of benzene rings is 1. The van der Waals surface area contributed by atoms with Gasteiger partial charge in [-0.05, 0) is 45.1 Å². The van der Waals surface area contributed by atoms with Crippen LogP contribution in [0, 0.1) is 0 Å². The van der Waals surface area contributed by atoms with E-state index in [2.05, 4.69) is 29.6 Å². The summed E-state index contributed by atoms with van der Waals surface area (Å²) in [6, 6.07) is 5.43. The van der Waals surface area contributed by atoms with Crippen LogP contribution in [-0.4, -0.2) is 48.1 Å². The molecule has 2 aliphatic rings. The molecule has 1 fully saturated rings. The maximum atomic E-state index is 12.6. The molecule has 2 amide bonds. The highest BCUT2D eigenvalue weighted by Gasteiger charge is 2.34. The number of anilines is 1. The molecule has 148 valence electrons. The third kappa shape index (κ3) is 4.98. The molecule has 0 spiro atoms. The largest absolute Gasteiger partial charge is 0.354 e. The Labute approximate surface area is 170 Å². The maximum Gasteiger partial charge on any atom is 0.238 e. The first kappa shape index (κ1) is 20.5. The molecule has 0 aromatic heterocycles. The van der Waals surface area contributed by atoms with Gasteiger partial charge in [-0.25, -0.2) is 0 Å². The molecule has 1 aromatic rings. The number of nitrogens with zero attached hydrogens (tertiary/aromatic N) is 1. The Morgan fingerprint density at radius 2 is 2.00 bits per heavy atom. The quantitative estimate of drug-likeness (QED) is 0.723. The number of carbonyl (C=O) groups is 2. The van der Waals surface area contributed by atoms with Crippen molar-refractivity contribution in [3.63, 3.8) is 0 Å². The van der Waals surface area contributed by atoms with Crippen molar-refractivity contribution in [2.75, 3.05) is 26.0 Å². The van der Waals surface area contributed by atoms with Gasteiger partial charge in [-0.15, -0.1) is 11.8 Å². The Kier molecular flexibility index (Phi) is 6.71. The summed E-state index contributed by atoms with van der Waals surface area (Å²) in [6.07, 6.45) is 7.34. The zero-order chi connectivity index (χ0) is 19.4. The number of hydrogen-bond donors (Lipinski definition) is 2. The van der Waals surface area contributed by atoms with E-state index < -0.39 is 5.25 Å². The fourth-order valence-electron chi connectivity index (χ4n) is 3.93. The topological polar surface area (TPSA) is 61.4 Å². The predicted octanol–water partition coefficient (Wildman–Crippen LogP) is 3.91. The lowest BCUT2D eigenvalue weighted by Gasteiger charge is -2.39. The second-order valence-electron chi connectivity index (χ2n) is 7.75. The van der Waals surface area contributed by atoms with Crippen LogP contribution in [0.15, 0.2) is 23.1 Å². The molecule has 1 atom stereocenters. The van der Waals surface area contributed by atoms with Gasteiger partial charge in [-0.3, -0.25) is 9.59 Å². The number of likely N-dealkylation sites (N-methyl/N-ethyl adjacent to an activating group) is 1. The minimum Gasteiger partial charge on any atom is -0.354 e. The van der Waals surface area contributed by atoms with E-state index in [1.165, 1.54) is 37.4 Å². The summed E-state index contributed by atoms with van der Waals surface area (Å²) in [5, 5.41) is 6.14. The summed E-state index contributed by atoms with van der Waals surface area (Å²) < 4.78 is 0. The molecule has 0 radical (unpaired) electrons. The first-order valence-electron chi connectivity index (χ1n) is 9.61. The van der Waals surface area contributed by atoms with Crippen LogP contribution in [0.4, 0.5) is 5.69 Å². The molecule has 1 saturated carbocycles. The van der Waals surface area contributed by atoms with Crippen LogP contribution in [0.2, 0.25) is 5.02 Å². The van der Waals surface area contributed by atoms with Gasteiger partial charge in [0, 0.05) is 28.4 Å². The van der Waals surface area contributed by atoms with Gasteiger partial charge < -0.3 is 15.5 Å². The van der Waals surface area contributed by atoms with Gasteiger partial charge in [-0.1, -0.05) is 37.3 Å². The van der Waals surface area contributed by atoms with Crippen molar-refractivity contribution in [1.82, 2.24) is 10.2 Å². The third-order valence-corrected chi connectivity index (χ3v) is 7.24. The summed E-state index contributed by atoms with van der Waals surface area (Å²) >= 11 is 7.41. The Balaban J connectivity index is 1.58. The Morgan fingerprint density at radius 1 is 1.30 bits per heavy atom. The molecule has 0 unspecified atom stereocenters. The first-order valence-corrected chi connectivity index (χ1v) is 10.9. The van der Waals surface area contributed by atoms with Crippen LogP contribution in [0.5, 0.6) is 0 Å². The predicted molar refractivity (Wildman–Crippen MR) is 111 cm³/mol. The molecule has 1 aliphatic heterocycles. The number of rotatable bonds is 5. The average Bonchev–Trinajstić information content (AvgIpc) is 2.87. The van der Waals surface area contributed by atoms with Crippen molar-refractivity contribution >= 4 is 40.9 Å². The van der Waals surface area contributed by atoms with Gasteiger partial charge in [0.1, 0.15) is 0 Å². The molecule has 3 rings (SSSR count). The summed E-state index contributed by atoms with van der Waals surface area (Å²) in [5.74, 6) is -0.202. The van der Waals surface area contributed by atoms with E-state index in [1.807, 2.05) is 6.07 Å². The lowest BCUT2D eigenvalue weighted by molar-refractivity contribution is -0.124. The highest BCUT2D eigenvalue weighted by Crippen LogP contribution is 2.38. The third-order valence-electron chi connectivity index (χ3n) is 5.73. The number of fused-ring (bicyclic) bond motifs is 1. The van der Waals surface area contributed by atoms with Crippen LogP contribution in [0.3, 0.4) is 0 Å². The summed E-state index contributed by atoms with van der Waals surface area (Å²) in [6.45, 7) is 0.643. The highest BCUT2D eigenvalue weighted by molar-refractivity contribution is 8.01. The van der Waals surface area contributed by atoms with Crippen LogP contribution < -0.4 is 10.6 Å². The number of thioether (sulfide) groups is 1. The highest BCUT2D eigenvalue weighted by atomic mass is 35.5. The van der Waals surface area contributed by atoms with Crippen molar-refractivity contribution in [2.45, 2.75) is 60.6 Å². The van der Waals surface area contributed by atoms with Crippen molar-refractivity contribution in [3.05, 3.63) is 23.2 Å². The van der Waals surface area contributed by atoms with Crippen molar-refractivity contribution in [1.29, 1.82) is 0 Å². The van der Waals surface area contributed by atoms with Gasteiger partial charge in [-0.2, -0.15) is 0 Å². The second kappa shape index (κ2) is 8.84. The van der Waals surface area contributed by atoms with Crippen molar-refractivity contribution < 1.29 is 9.59 Å². The van der Waals surface area contributed by atoms with E-state index in [9.17, 15) is 9.59 Å². The fraction of sp³-hybridized carbons (Fsp3) is 0.600. The number of amides is 2. The van der Waals surface area contributed by atoms with Crippen LogP contribution in [0.25, 0.3) is 0 Å². The monoisotopic (exact) mass is 409 g/mol. The van der Waals surface area contributed by atoms with E-state index in [4.69, 9.17) is 11.6 Å². The molecule has 1 heterocycles. The molecular weight excluding hydrogens is 382 g/mol. The van der Waals surface area contributed by atoms with Crippen molar-refractivity contribution in [2.24, 2.45) is 0 Å². The van der Waals surface area contributed by atoms with Crippen LogP contribution >= 0.6 is 23.4 Å². The molecular formula is C20H28ClN3O2S. The van der Waals surface area contributed by atoms with E-state index in [-0.39, 0.29) is 23.8 Å².